The van der Waals surface area contributed by atoms with E-state index in [1.807, 2.05) is 0 Å². The van der Waals surface area contributed by atoms with Gasteiger partial charge in [0.1, 0.15) is 0 Å². The molecular weight excluding hydrogens is 382 g/mol. The number of carbonyl (C=O) groups is 1. The van der Waals surface area contributed by atoms with E-state index in [-0.39, 0.29) is 72.1 Å². The van der Waals surface area contributed by atoms with Crippen LogP contribution in [0.4, 0.5) is 0 Å². The summed E-state index contributed by atoms with van der Waals surface area (Å²) in [7, 11) is -11.5. The van der Waals surface area contributed by atoms with Gasteiger partial charge in [-0.25, -0.2) is 0 Å². The number of nitrogens with one attached hydrogen (secondary N) is 1. The van der Waals surface area contributed by atoms with Crippen LogP contribution in [0.5, 0.6) is 0 Å². The normalized spacial score (nSPS) is 17.9. The monoisotopic (exact) mass is 397 g/mol. The van der Waals surface area contributed by atoms with E-state index in [0.29, 0.717) is 5.56 Å². The maximum absolute atomic E-state index is 11.7. The van der Waals surface area contributed by atoms with Crippen molar-refractivity contribution in [3.8, 4) is 0 Å². The van der Waals surface area contributed by atoms with Crippen LogP contribution in [0, 0.1) is 0 Å². The van der Waals surface area contributed by atoms with Crippen LogP contribution in [-0.4, -0.2) is 32.4 Å². The summed E-state index contributed by atoms with van der Waals surface area (Å²) in [5.41, 5.74) is 0.339. The SMILES string of the molecule is O=C(NCCCC(O)(P(=O)([O-])O)P(=O)([O-])O)c1ccccc1.[Na+].[Na+]. The van der Waals surface area contributed by atoms with Crippen molar-refractivity contribution < 1.29 is 97.7 Å². The van der Waals surface area contributed by atoms with Gasteiger partial charge in [0.2, 0.25) is 0 Å². The number of carbonyl (C=O) groups excluding carboxylic acids is 1. The van der Waals surface area contributed by atoms with Gasteiger partial charge in [0.25, 0.3) is 5.91 Å². The molecule has 1 aromatic rings. The quantitative estimate of drug-likeness (QED) is 0.200. The third-order valence-electron chi connectivity index (χ3n) is 2.92. The van der Waals surface area contributed by atoms with Crippen LogP contribution in [-0.2, 0) is 9.13 Å². The molecule has 1 amide bonds. The van der Waals surface area contributed by atoms with Gasteiger partial charge in [-0.1, -0.05) is 18.2 Å². The zero-order chi connectivity index (χ0) is 17.0. The van der Waals surface area contributed by atoms with Crippen molar-refractivity contribution in [3.63, 3.8) is 0 Å². The summed E-state index contributed by atoms with van der Waals surface area (Å²) in [6.07, 6.45) is -1.30. The third-order valence-corrected chi connectivity index (χ3v) is 6.69. The van der Waals surface area contributed by atoms with E-state index in [9.17, 15) is 28.8 Å². The molecule has 9 nitrogen and oxygen atoms in total. The van der Waals surface area contributed by atoms with E-state index < -0.39 is 32.6 Å². The van der Waals surface area contributed by atoms with Crippen molar-refractivity contribution in [2.75, 3.05) is 6.54 Å². The largest absolute Gasteiger partial charge is 1.00 e. The fourth-order valence-electron chi connectivity index (χ4n) is 1.66. The smallest absolute Gasteiger partial charge is 0.776 e. The van der Waals surface area contributed by atoms with Crippen LogP contribution < -0.4 is 74.2 Å². The molecular formula is C11H15NNa2O8P2. The van der Waals surface area contributed by atoms with Gasteiger partial charge in [0, 0.05) is 12.1 Å². The second kappa shape index (κ2) is 10.9. The van der Waals surface area contributed by atoms with Crippen molar-refractivity contribution in [2.45, 2.75) is 17.9 Å². The van der Waals surface area contributed by atoms with Gasteiger partial charge < -0.3 is 39.1 Å². The summed E-state index contributed by atoms with van der Waals surface area (Å²) < 4.78 is 21.9. The van der Waals surface area contributed by atoms with Gasteiger partial charge in [-0.3, -0.25) is 4.79 Å². The maximum atomic E-state index is 11.7. The molecule has 0 radical (unpaired) electrons. The summed E-state index contributed by atoms with van der Waals surface area (Å²) in [5, 5.41) is 8.21. The Hall–Kier alpha value is 0.950. The molecule has 0 heterocycles. The van der Waals surface area contributed by atoms with Gasteiger partial charge in [-0.15, -0.1) is 0 Å². The van der Waals surface area contributed by atoms with Crippen LogP contribution >= 0.6 is 15.2 Å². The van der Waals surface area contributed by atoms with Crippen molar-refractivity contribution in [2.24, 2.45) is 0 Å². The number of hydrogen-bond acceptors (Lipinski definition) is 6. The van der Waals surface area contributed by atoms with E-state index in [4.69, 9.17) is 9.79 Å². The minimum Gasteiger partial charge on any atom is -0.776 e. The predicted octanol–water partition coefficient (Wildman–Crippen LogP) is -7.06. The molecule has 0 fully saturated rings. The maximum Gasteiger partial charge on any atom is 1.00 e. The first kappa shape index (κ1) is 27.2. The average molecular weight is 397 g/mol. The molecule has 13 heteroatoms. The second-order valence-electron chi connectivity index (χ2n) is 4.54. The molecule has 0 bridgehead atoms. The molecule has 0 aliphatic carbocycles. The summed E-state index contributed by atoms with van der Waals surface area (Å²) in [5.74, 6) is -0.479. The van der Waals surface area contributed by atoms with Gasteiger partial charge in [-0.2, -0.15) is 0 Å². The van der Waals surface area contributed by atoms with E-state index in [2.05, 4.69) is 5.32 Å². The van der Waals surface area contributed by atoms with Gasteiger partial charge in [0.15, 0.2) is 20.3 Å². The van der Waals surface area contributed by atoms with Crippen molar-refractivity contribution in [1.29, 1.82) is 0 Å². The molecule has 4 N–H and O–H groups in total. The molecule has 1 aromatic carbocycles. The third kappa shape index (κ3) is 7.29. The molecule has 0 aliphatic rings. The Morgan fingerprint density at radius 1 is 1.08 bits per heavy atom. The number of benzene rings is 1. The number of rotatable bonds is 7. The molecule has 124 valence electrons. The Morgan fingerprint density at radius 2 is 1.54 bits per heavy atom. The van der Waals surface area contributed by atoms with Crippen LogP contribution in [0.25, 0.3) is 0 Å². The molecule has 0 aromatic heterocycles. The number of hydrogen-bond donors (Lipinski definition) is 4. The first-order chi connectivity index (χ1) is 9.99. The van der Waals surface area contributed by atoms with Gasteiger partial charge in [-0.05, 0) is 25.0 Å². The van der Waals surface area contributed by atoms with E-state index >= 15 is 0 Å². The zero-order valence-electron chi connectivity index (χ0n) is 13.3. The van der Waals surface area contributed by atoms with Crippen molar-refractivity contribution in [3.05, 3.63) is 35.9 Å². The van der Waals surface area contributed by atoms with Gasteiger partial charge in [0.05, 0.1) is 0 Å². The molecule has 2 unspecified atom stereocenters. The molecule has 1 rings (SSSR count). The van der Waals surface area contributed by atoms with Crippen LogP contribution in [0.15, 0.2) is 30.3 Å². The summed E-state index contributed by atoms with van der Waals surface area (Å²) in [6, 6.07) is 8.03. The predicted molar refractivity (Wildman–Crippen MR) is 72.6 cm³/mol. The Morgan fingerprint density at radius 3 is 1.96 bits per heavy atom. The Labute approximate surface area is 183 Å². The fraction of sp³-hybridized carbons (Fsp3) is 0.364. The second-order valence-corrected chi connectivity index (χ2v) is 8.45. The minimum absolute atomic E-state index is 0. The number of amides is 1. The fourth-order valence-corrected chi connectivity index (χ4v) is 3.82. The van der Waals surface area contributed by atoms with Gasteiger partial charge >= 0.3 is 59.1 Å². The standard InChI is InChI=1S/C11H17NO8P2.2Na/c13-10(9-5-2-1-3-6-9)12-8-4-7-11(14,21(15,16)17)22(18,19)20;;/h1-3,5-6,14H,4,7-8H2,(H,12,13)(H2,15,16,17)(H2,18,19,20);;/q;2*+1/p-2. The Balaban J connectivity index is 0. The molecule has 0 aliphatic heterocycles. The van der Waals surface area contributed by atoms with E-state index in [0.717, 1.165) is 0 Å². The summed E-state index contributed by atoms with van der Waals surface area (Å²) in [4.78, 5) is 51.2. The van der Waals surface area contributed by atoms with Crippen LogP contribution in [0.1, 0.15) is 23.2 Å². The van der Waals surface area contributed by atoms with Crippen molar-refractivity contribution in [1.82, 2.24) is 5.32 Å². The summed E-state index contributed by atoms with van der Waals surface area (Å²) in [6.45, 7) is -0.171. The topological polar surface area (TPSA) is 170 Å². The Kier molecular flexibility index (Phi) is 12.4. The first-order valence-corrected chi connectivity index (χ1v) is 9.28. The zero-order valence-corrected chi connectivity index (χ0v) is 19.1. The molecule has 2 atom stereocenters. The van der Waals surface area contributed by atoms with E-state index in [1.54, 1.807) is 18.2 Å². The van der Waals surface area contributed by atoms with Crippen LogP contribution in [0.2, 0.25) is 0 Å². The van der Waals surface area contributed by atoms with Crippen molar-refractivity contribution >= 4 is 21.1 Å². The summed E-state index contributed by atoms with van der Waals surface area (Å²) >= 11 is 0. The number of aliphatic hydroxyl groups is 1. The molecule has 0 saturated heterocycles. The van der Waals surface area contributed by atoms with Crippen LogP contribution in [0.3, 0.4) is 0 Å². The minimum atomic E-state index is -5.76. The average Bonchev–Trinajstić information content (AvgIpc) is 2.41. The molecule has 0 spiro atoms. The Bertz CT molecular complexity index is 596. The molecule has 24 heavy (non-hydrogen) atoms. The molecule has 0 saturated carbocycles. The first-order valence-electron chi connectivity index (χ1n) is 6.12. The van der Waals surface area contributed by atoms with E-state index in [1.165, 1.54) is 12.1 Å².